The third-order valence-electron chi connectivity index (χ3n) is 4.03. The number of nitrogens with zero attached hydrogens (tertiary/aromatic N) is 3. The molecule has 1 aliphatic heterocycles. The van der Waals surface area contributed by atoms with Gasteiger partial charge in [0.15, 0.2) is 0 Å². The molecule has 5 heteroatoms. The van der Waals surface area contributed by atoms with Crippen LogP contribution in [0.3, 0.4) is 0 Å². The van der Waals surface area contributed by atoms with E-state index in [2.05, 4.69) is 14.9 Å². The first kappa shape index (κ1) is 11.5. The maximum atomic E-state index is 6.07. The zero-order chi connectivity index (χ0) is 11.8. The van der Waals surface area contributed by atoms with E-state index in [9.17, 15) is 0 Å². The molecule has 2 fully saturated rings. The van der Waals surface area contributed by atoms with Gasteiger partial charge in [-0.3, -0.25) is 0 Å². The van der Waals surface area contributed by atoms with Crippen molar-refractivity contribution >= 4 is 29.0 Å². The summed E-state index contributed by atoms with van der Waals surface area (Å²) in [6, 6.07) is 0. The second kappa shape index (κ2) is 4.62. The molecule has 1 aromatic heterocycles. The Morgan fingerprint density at radius 2 is 1.94 bits per heavy atom. The smallest absolute Gasteiger partial charge is 0.138 e. The van der Waals surface area contributed by atoms with Crippen molar-refractivity contribution in [3.63, 3.8) is 0 Å². The van der Waals surface area contributed by atoms with Crippen molar-refractivity contribution in [2.45, 2.75) is 25.1 Å². The number of halogens is 2. The van der Waals surface area contributed by atoms with Crippen LogP contribution in [0.5, 0.6) is 0 Å². The summed E-state index contributed by atoms with van der Waals surface area (Å²) in [5, 5.41) is 0.488. The van der Waals surface area contributed by atoms with E-state index >= 15 is 0 Å². The van der Waals surface area contributed by atoms with Crippen LogP contribution in [0.25, 0.3) is 0 Å². The molecular weight excluding hydrogens is 257 g/mol. The molecule has 92 valence electrons. The molecule has 2 atom stereocenters. The highest BCUT2D eigenvalue weighted by molar-refractivity contribution is 6.31. The lowest BCUT2D eigenvalue weighted by Gasteiger charge is -2.20. The monoisotopic (exact) mass is 271 g/mol. The molecule has 2 heterocycles. The largest absolute Gasteiger partial charge is 0.356 e. The Labute approximate surface area is 111 Å². The van der Waals surface area contributed by atoms with E-state index in [0.717, 1.165) is 36.3 Å². The molecule has 1 saturated carbocycles. The van der Waals surface area contributed by atoms with E-state index in [1.807, 2.05) is 0 Å². The van der Waals surface area contributed by atoms with Crippen molar-refractivity contribution in [1.82, 2.24) is 9.97 Å². The van der Waals surface area contributed by atoms with Gasteiger partial charge in [0.25, 0.3) is 0 Å². The summed E-state index contributed by atoms with van der Waals surface area (Å²) < 4.78 is 0. The SMILES string of the molecule is ClCc1c(Cl)ncnc1N1CC2CCCC2C1. The first-order valence-corrected chi connectivity index (χ1v) is 7.01. The Morgan fingerprint density at radius 3 is 2.59 bits per heavy atom. The number of fused-ring (bicyclic) bond motifs is 1. The molecule has 0 amide bonds. The molecule has 0 radical (unpaired) electrons. The van der Waals surface area contributed by atoms with Gasteiger partial charge in [0.2, 0.25) is 0 Å². The summed E-state index contributed by atoms with van der Waals surface area (Å²) in [5.74, 6) is 2.99. The third kappa shape index (κ3) is 2.00. The average molecular weight is 272 g/mol. The van der Waals surface area contributed by atoms with E-state index < -0.39 is 0 Å². The fourth-order valence-electron chi connectivity index (χ4n) is 3.18. The van der Waals surface area contributed by atoms with Crippen LogP contribution in [-0.4, -0.2) is 23.1 Å². The standard InChI is InChI=1S/C12H15Cl2N3/c13-4-10-11(14)15-7-16-12(10)17-5-8-2-1-3-9(8)6-17/h7-9H,1-6H2. The molecule has 2 unspecified atom stereocenters. The highest BCUT2D eigenvalue weighted by Gasteiger charge is 2.37. The number of anilines is 1. The van der Waals surface area contributed by atoms with Crippen LogP contribution >= 0.6 is 23.2 Å². The first-order chi connectivity index (χ1) is 8.29. The van der Waals surface area contributed by atoms with Crippen LogP contribution < -0.4 is 4.90 Å². The topological polar surface area (TPSA) is 29.0 Å². The van der Waals surface area contributed by atoms with Crippen LogP contribution in [0.2, 0.25) is 5.15 Å². The molecule has 0 bridgehead atoms. The van der Waals surface area contributed by atoms with Gasteiger partial charge in [-0.2, -0.15) is 0 Å². The van der Waals surface area contributed by atoms with Crippen molar-refractivity contribution in [2.75, 3.05) is 18.0 Å². The van der Waals surface area contributed by atoms with E-state index in [1.54, 1.807) is 0 Å². The fraction of sp³-hybridized carbons (Fsp3) is 0.667. The van der Waals surface area contributed by atoms with Crippen molar-refractivity contribution in [3.8, 4) is 0 Å². The molecule has 3 nitrogen and oxygen atoms in total. The highest BCUT2D eigenvalue weighted by Crippen LogP contribution is 2.40. The van der Waals surface area contributed by atoms with Gasteiger partial charge in [-0.15, -0.1) is 11.6 Å². The first-order valence-electron chi connectivity index (χ1n) is 6.10. The highest BCUT2D eigenvalue weighted by atomic mass is 35.5. The minimum Gasteiger partial charge on any atom is -0.356 e. The molecule has 3 rings (SSSR count). The maximum Gasteiger partial charge on any atom is 0.138 e. The van der Waals surface area contributed by atoms with Crippen molar-refractivity contribution in [2.24, 2.45) is 11.8 Å². The van der Waals surface area contributed by atoms with Gasteiger partial charge in [0, 0.05) is 18.7 Å². The number of aromatic nitrogens is 2. The Morgan fingerprint density at radius 1 is 1.24 bits per heavy atom. The Hall–Kier alpha value is -0.540. The van der Waals surface area contributed by atoms with Crippen LogP contribution in [0.1, 0.15) is 24.8 Å². The number of alkyl halides is 1. The Balaban J connectivity index is 1.88. The lowest BCUT2D eigenvalue weighted by molar-refractivity contribution is 0.494. The van der Waals surface area contributed by atoms with Crippen LogP contribution in [0, 0.1) is 11.8 Å². The van der Waals surface area contributed by atoms with Gasteiger partial charge in [0.05, 0.1) is 5.88 Å². The molecule has 1 aromatic rings. The van der Waals surface area contributed by atoms with Crippen molar-refractivity contribution in [1.29, 1.82) is 0 Å². The van der Waals surface area contributed by atoms with Crippen molar-refractivity contribution < 1.29 is 0 Å². The molecule has 17 heavy (non-hydrogen) atoms. The average Bonchev–Trinajstić information content (AvgIpc) is 2.88. The van der Waals surface area contributed by atoms with E-state index in [0.29, 0.717) is 11.0 Å². The second-order valence-corrected chi connectivity index (χ2v) is 5.58. The minimum absolute atomic E-state index is 0.376. The van der Waals surface area contributed by atoms with Crippen LogP contribution in [0.15, 0.2) is 6.33 Å². The summed E-state index contributed by atoms with van der Waals surface area (Å²) in [7, 11) is 0. The van der Waals surface area contributed by atoms with Gasteiger partial charge >= 0.3 is 0 Å². The van der Waals surface area contributed by atoms with E-state index in [4.69, 9.17) is 23.2 Å². The summed E-state index contributed by atoms with van der Waals surface area (Å²) in [6.45, 7) is 2.20. The van der Waals surface area contributed by atoms with Gasteiger partial charge in [-0.25, -0.2) is 9.97 Å². The molecule has 0 aromatic carbocycles. The van der Waals surface area contributed by atoms with E-state index in [1.165, 1.54) is 25.6 Å². The molecular formula is C12H15Cl2N3. The molecule has 1 aliphatic carbocycles. The predicted molar refractivity (Wildman–Crippen MR) is 69.6 cm³/mol. The number of rotatable bonds is 2. The molecule has 0 spiro atoms. The molecule has 2 aliphatic rings. The van der Waals surface area contributed by atoms with E-state index in [-0.39, 0.29) is 0 Å². The number of hydrogen-bond acceptors (Lipinski definition) is 3. The van der Waals surface area contributed by atoms with Gasteiger partial charge < -0.3 is 4.90 Å². The lowest BCUT2D eigenvalue weighted by Crippen LogP contribution is -2.23. The quantitative estimate of drug-likeness (QED) is 0.612. The van der Waals surface area contributed by atoms with Gasteiger partial charge in [0.1, 0.15) is 17.3 Å². The Bertz CT molecular complexity index is 412. The molecule has 1 saturated heterocycles. The normalized spacial score (nSPS) is 27.5. The predicted octanol–water partition coefficient (Wildman–Crippen LogP) is 3.11. The van der Waals surface area contributed by atoms with Gasteiger partial charge in [-0.05, 0) is 24.7 Å². The summed E-state index contributed by atoms with van der Waals surface area (Å²) in [5.41, 5.74) is 0.871. The number of hydrogen-bond donors (Lipinski definition) is 0. The minimum atomic E-state index is 0.376. The van der Waals surface area contributed by atoms with Crippen molar-refractivity contribution in [3.05, 3.63) is 17.0 Å². The summed E-state index contributed by atoms with van der Waals surface area (Å²) >= 11 is 12.0. The zero-order valence-corrected chi connectivity index (χ0v) is 11.1. The van der Waals surface area contributed by atoms with Crippen LogP contribution in [-0.2, 0) is 5.88 Å². The summed E-state index contributed by atoms with van der Waals surface area (Å²) in [4.78, 5) is 10.7. The Kier molecular flexibility index (Phi) is 3.14. The molecule has 0 N–H and O–H groups in total. The van der Waals surface area contributed by atoms with Crippen LogP contribution in [0.4, 0.5) is 5.82 Å². The second-order valence-electron chi connectivity index (χ2n) is 4.96. The maximum absolute atomic E-state index is 6.07. The van der Waals surface area contributed by atoms with Gasteiger partial charge in [-0.1, -0.05) is 18.0 Å². The lowest BCUT2D eigenvalue weighted by atomic mass is 10.0. The summed E-state index contributed by atoms with van der Waals surface area (Å²) in [6.07, 6.45) is 5.63. The zero-order valence-electron chi connectivity index (χ0n) is 9.57. The third-order valence-corrected chi connectivity index (χ3v) is 4.62. The fourth-order valence-corrected chi connectivity index (χ4v) is 3.69.